The molecule has 2 fully saturated rings. The van der Waals surface area contributed by atoms with Crippen LogP contribution in [0.4, 0.5) is 4.79 Å². The summed E-state index contributed by atoms with van der Waals surface area (Å²) in [6.07, 6.45) is 5.72. The molecule has 1 aliphatic heterocycles. The molecule has 4 heteroatoms. The maximum atomic E-state index is 11.8. The van der Waals surface area contributed by atoms with E-state index < -0.39 is 0 Å². The number of hydrogen-bond donors (Lipinski definition) is 2. The lowest BCUT2D eigenvalue weighted by Gasteiger charge is -2.38. The van der Waals surface area contributed by atoms with Crippen molar-refractivity contribution >= 4 is 11.9 Å². The van der Waals surface area contributed by atoms with Crippen LogP contribution in [-0.4, -0.2) is 28.9 Å². The lowest BCUT2D eigenvalue weighted by Crippen LogP contribution is -2.52. The van der Waals surface area contributed by atoms with Crippen LogP contribution in [0.5, 0.6) is 0 Å². The maximum Gasteiger partial charge on any atom is 0.323 e. The van der Waals surface area contributed by atoms with Gasteiger partial charge in [-0.1, -0.05) is 19.8 Å². The van der Waals surface area contributed by atoms with E-state index in [1.807, 2.05) is 4.90 Å². The van der Waals surface area contributed by atoms with Crippen molar-refractivity contribution in [2.24, 2.45) is 5.92 Å². The summed E-state index contributed by atoms with van der Waals surface area (Å²) < 4.78 is 0. The fourth-order valence-electron chi connectivity index (χ4n) is 3.12. The number of hydrogen-bond acceptors (Lipinski definition) is 2. The van der Waals surface area contributed by atoms with Crippen LogP contribution in [0.15, 0.2) is 0 Å². The third-order valence-electron chi connectivity index (χ3n) is 4.14. The fraction of sp³-hybridized carbons (Fsp3) is 0.833. The van der Waals surface area contributed by atoms with Crippen molar-refractivity contribution in [3.05, 3.63) is 0 Å². The number of nitrogens with one attached hydrogen (secondary N) is 2. The predicted molar refractivity (Wildman–Crippen MR) is 63.6 cm³/mol. The van der Waals surface area contributed by atoms with E-state index >= 15 is 0 Å². The van der Waals surface area contributed by atoms with Crippen LogP contribution in [0.25, 0.3) is 0 Å². The second kappa shape index (κ2) is 4.07. The van der Waals surface area contributed by atoms with E-state index in [0.717, 1.165) is 25.8 Å². The second-order valence-electron chi connectivity index (χ2n) is 5.09. The van der Waals surface area contributed by atoms with Gasteiger partial charge in [0.1, 0.15) is 11.4 Å². The molecule has 2 aliphatic rings. The van der Waals surface area contributed by atoms with Crippen molar-refractivity contribution in [3.63, 3.8) is 0 Å². The summed E-state index contributed by atoms with van der Waals surface area (Å²) in [5.74, 6) is 0.864. The van der Waals surface area contributed by atoms with Gasteiger partial charge in [-0.25, -0.2) is 4.79 Å². The first-order chi connectivity index (χ1) is 7.60. The van der Waals surface area contributed by atoms with Gasteiger partial charge < -0.3 is 4.90 Å². The van der Waals surface area contributed by atoms with Crippen LogP contribution in [0.1, 0.15) is 46.0 Å². The van der Waals surface area contributed by atoms with Gasteiger partial charge in [0.05, 0.1) is 0 Å². The molecule has 0 aromatic rings. The lowest BCUT2D eigenvalue weighted by atomic mass is 9.82. The molecule has 0 aromatic carbocycles. The summed E-state index contributed by atoms with van der Waals surface area (Å²) in [5, 5.41) is 10.7. The number of carbonyl (C=O) groups is 1. The van der Waals surface area contributed by atoms with Gasteiger partial charge in [-0.05, 0) is 32.1 Å². The van der Waals surface area contributed by atoms with E-state index in [4.69, 9.17) is 5.41 Å². The van der Waals surface area contributed by atoms with Crippen LogP contribution < -0.4 is 5.32 Å². The molecule has 2 amide bonds. The molecule has 1 saturated heterocycles. The Hall–Kier alpha value is -1.06. The third-order valence-corrected chi connectivity index (χ3v) is 4.14. The summed E-state index contributed by atoms with van der Waals surface area (Å²) in [4.78, 5) is 13.7. The molecular weight excluding hydrogens is 202 g/mol. The summed E-state index contributed by atoms with van der Waals surface area (Å²) in [6, 6.07) is -0.0822. The maximum absolute atomic E-state index is 11.8. The molecule has 4 nitrogen and oxygen atoms in total. The Morgan fingerprint density at radius 1 is 1.50 bits per heavy atom. The zero-order chi connectivity index (χ0) is 11.8. The summed E-state index contributed by atoms with van der Waals surface area (Å²) in [6.45, 7) is 4.88. The van der Waals surface area contributed by atoms with E-state index in [1.54, 1.807) is 0 Å². The van der Waals surface area contributed by atoms with E-state index in [9.17, 15) is 4.79 Å². The number of urea groups is 1. The van der Waals surface area contributed by atoms with Crippen LogP contribution >= 0.6 is 0 Å². The van der Waals surface area contributed by atoms with Crippen LogP contribution in [-0.2, 0) is 0 Å². The van der Waals surface area contributed by atoms with Crippen molar-refractivity contribution in [1.82, 2.24) is 10.2 Å². The van der Waals surface area contributed by atoms with Gasteiger partial charge in [-0.2, -0.15) is 0 Å². The van der Waals surface area contributed by atoms with Crippen molar-refractivity contribution in [2.75, 3.05) is 6.54 Å². The van der Waals surface area contributed by atoms with E-state index in [0.29, 0.717) is 11.8 Å². The molecule has 2 rings (SSSR count). The molecule has 0 radical (unpaired) electrons. The Labute approximate surface area is 96.9 Å². The molecule has 1 heterocycles. The highest BCUT2D eigenvalue weighted by atomic mass is 16.2. The van der Waals surface area contributed by atoms with Crippen molar-refractivity contribution < 1.29 is 4.79 Å². The monoisotopic (exact) mass is 223 g/mol. The van der Waals surface area contributed by atoms with Gasteiger partial charge in [0.25, 0.3) is 0 Å². The van der Waals surface area contributed by atoms with Gasteiger partial charge in [0.2, 0.25) is 0 Å². The van der Waals surface area contributed by atoms with Crippen molar-refractivity contribution in [3.8, 4) is 0 Å². The number of nitrogens with zero attached hydrogens (tertiary/aromatic N) is 1. The molecule has 0 aromatic heterocycles. The van der Waals surface area contributed by atoms with Crippen LogP contribution in [0.3, 0.4) is 0 Å². The second-order valence-corrected chi connectivity index (χ2v) is 5.09. The highest BCUT2D eigenvalue weighted by Gasteiger charge is 2.51. The summed E-state index contributed by atoms with van der Waals surface area (Å²) >= 11 is 0. The van der Waals surface area contributed by atoms with Crippen LogP contribution in [0.2, 0.25) is 0 Å². The van der Waals surface area contributed by atoms with Crippen LogP contribution in [0, 0.1) is 11.3 Å². The SMILES string of the molecule is CCCN1C(=O)NC(=N)C1(C)C1CCCC1. The zero-order valence-electron chi connectivity index (χ0n) is 10.2. The fourth-order valence-corrected chi connectivity index (χ4v) is 3.12. The van der Waals surface area contributed by atoms with Crippen molar-refractivity contribution in [1.29, 1.82) is 5.41 Å². The predicted octanol–water partition coefficient (Wildman–Crippen LogP) is 2.35. The minimum Gasteiger partial charge on any atom is -0.312 e. The van der Waals surface area contributed by atoms with Gasteiger partial charge in [-0.3, -0.25) is 10.7 Å². The van der Waals surface area contributed by atoms with E-state index in [1.165, 1.54) is 12.8 Å². The number of rotatable bonds is 3. The summed E-state index contributed by atoms with van der Waals surface area (Å²) in [7, 11) is 0. The molecule has 1 unspecified atom stereocenters. The largest absolute Gasteiger partial charge is 0.323 e. The van der Waals surface area contributed by atoms with E-state index in [-0.39, 0.29) is 11.6 Å². The Kier molecular flexibility index (Phi) is 2.91. The summed E-state index contributed by atoms with van der Waals surface area (Å²) in [5.41, 5.74) is -0.371. The number of amides is 2. The molecule has 1 atom stereocenters. The minimum atomic E-state index is -0.371. The first-order valence-corrected chi connectivity index (χ1v) is 6.28. The average molecular weight is 223 g/mol. The number of amidine groups is 1. The highest BCUT2D eigenvalue weighted by Crippen LogP contribution is 2.40. The van der Waals surface area contributed by atoms with E-state index in [2.05, 4.69) is 19.2 Å². The smallest absolute Gasteiger partial charge is 0.312 e. The molecule has 90 valence electrons. The molecular formula is C12H21N3O. The zero-order valence-corrected chi connectivity index (χ0v) is 10.2. The van der Waals surface area contributed by atoms with Gasteiger partial charge in [0, 0.05) is 6.54 Å². The normalized spacial score (nSPS) is 31.2. The third kappa shape index (κ3) is 1.51. The standard InChI is InChI=1S/C12H21N3O/c1-3-8-15-11(16)14-10(13)12(15,2)9-6-4-5-7-9/h9H,3-8H2,1-2H3,(H2,13,14,16). The molecule has 2 N–H and O–H groups in total. The Bertz CT molecular complexity index is 309. The lowest BCUT2D eigenvalue weighted by molar-refractivity contribution is 0.145. The van der Waals surface area contributed by atoms with Gasteiger partial charge in [0.15, 0.2) is 0 Å². The molecule has 0 spiro atoms. The Morgan fingerprint density at radius 2 is 2.12 bits per heavy atom. The highest BCUT2D eigenvalue weighted by molar-refractivity contribution is 6.08. The average Bonchev–Trinajstić information content (AvgIpc) is 2.83. The van der Waals surface area contributed by atoms with Gasteiger partial charge in [-0.15, -0.1) is 0 Å². The quantitative estimate of drug-likeness (QED) is 0.758. The molecule has 1 aliphatic carbocycles. The number of carbonyl (C=O) groups excluding carboxylic acids is 1. The molecule has 1 saturated carbocycles. The first-order valence-electron chi connectivity index (χ1n) is 6.28. The van der Waals surface area contributed by atoms with Gasteiger partial charge >= 0.3 is 6.03 Å². The first kappa shape index (κ1) is 11.4. The topological polar surface area (TPSA) is 56.2 Å². The minimum absolute atomic E-state index is 0.0822. The molecule has 16 heavy (non-hydrogen) atoms. The molecule has 0 bridgehead atoms. The Morgan fingerprint density at radius 3 is 2.69 bits per heavy atom. The Balaban J connectivity index is 2.26. The van der Waals surface area contributed by atoms with Crippen molar-refractivity contribution in [2.45, 2.75) is 51.5 Å².